The van der Waals surface area contributed by atoms with E-state index in [0.29, 0.717) is 31.7 Å². The van der Waals surface area contributed by atoms with Gasteiger partial charge >= 0.3 is 0 Å². The minimum atomic E-state index is -3.56. The lowest BCUT2D eigenvalue weighted by atomic mass is 10.0. The van der Waals surface area contributed by atoms with Gasteiger partial charge in [0.2, 0.25) is 10.0 Å². The summed E-state index contributed by atoms with van der Waals surface area (Å²) in [6, 6.07) is 21.4. The first-order valence-electron chi connectivity index (χ1n) is 12.1. The normalized spacial score (nSPS) is 18.3. The fourth-order valence-electron chi connectivity index (χ4n) is 5.01. The highest BCUT2D eigenvalue weighted by molar-refractivity contribution is 7.89. The Hall–Kier alpha value is -2.74. The third kappa shape index (κ3) is 4.73. The van der Waals surface area contributed by atoms with Crippen molar-refractivity contribution in [3.05, 3.63) is 77.9 Å². The summed E-state index contributed by atoms with van der Waals surface area (Å²) in [5.74, 6) is -0.0968. The standard InChI is InChI=1S/C27H31N3O3S/c31-27(23-10-7-12-25(20-23)34(32,33)30-14-4-1-5-15-30)29-18-16-28(17-19-29)21-24-11-6-9-22-8-2-3-13-26(22)24/h2-3,6-13,20H,1,4-5,14-19,21H2. The number of rotatable bonds is 5. The lowest BCUT2D eigenvalue weighted by Gasteiger charge is -2.35. The first-order valence-corrected chi connectivity index (χ1v) is 13.5. The summed E-state index contributed by atoms with van der Waals surface area (Å²) in [6.45, 7) is 4.81. The lowest BCUT2D eigenvalue weighted by molar-refractivity contribution is 0.0628. The first-order chi connectivity index (χ1) is 16.5. The van der Waals surface area contributed by atoms with Gasteiger partial charge < -0.3 is 4.90 Å². The molecule has 34 heavy (non-hydrogen) atoms. The summed E-state index contributed by atoms with van der Waals surface area (Å²) < 4.78 is 27.6. The molecular weight excluding hydrogens is 446 g/mol. The highest BCUT2D eigenvalue weighted by Gasteiger charge is 2.28. The Morgan fingerprint density at radius 2 is 1.47 bits per heavy atom. The van der Waals surface area contributed by atoms with E-state index in [1.165, 1.54) is 16.3 Å². The van der Waals surface area contributed by atoms with E-state index < -0.39 is 10.0 Å². The van der Waals surface area contributed by atoms with Crippen LogP contribution in [-0.2, 0) is 16.6 Å². The van der Waals surface area contributed by atoms with Gasteiger partial charge in [0.25, 0.3) is 5.91 Å². The van der Waals surface area contributed by atoms with Crippen molar-refractivity contribution in [2.75, 3.05) is 39.3 Å². The minimum absolute atomic E-state index is 0.0968. The van der Waals surface area contributed by atoms with E-state index in [4.69, 9.17) is 0 Å². The van der Waals surface area contributed by atoms with Crippen molar-refractivity contribution in [3.63, 3.8) is 0 Å². The topological polar surface area (TPSA) is 60.9 Å². The number of carbonyl (C=O) groups excluding carboxylic acids is 1. The molecule has 178 valence electrons. The van der Waals surface area contributed by atoms with Crippen molar-refractivity contribution >= 4 is 26.7 Å². The number of hydrogen-bond donors (Lipinski definition) is 0. The first kappa shape index (κ1) is 23.0. The molecule has 1 amide bonds. The smallest absolute Gasteiger partial charge is 0.253 e. The number of piperazine rings is 1. The zero-order valence-electron chi connectivity index (χ0n) is 19.4. The summed E-state index contributed by atoms with van der Waals surface area (Å²) in [6.07, 6.45) is 2.85. The van der Waals surface area contributed by atoms with Crippen LogP contribution in [0.4, 0.5) is 0 Å². The molecule has 0 atom stereocenters. The molecule has 2 aliphatic rings. The van der Waals surface area contributed by atoms with Gasteiger partial charge in [0.15, 0.2) is 0 Å². The van der Waals surface area contributed by atoms with Crippen molar-refractivity contribution < 1.29 is 13.2 Å². The Balaban J connectivity index is 1.24. The molecule has 0 aromatic heterocycles. The molecule has 2 fully saturated rings. The Morgan fingerprint density at radius 3 is 2.26 bits per heavy atom. The van der Waals surface area contributed by atoms with Gasteiger partial charge in [-0.15, -0.1) is 0 Å². The van der Waals surface area contributed by atoms with Crippen molar-refractivity contribution in [2.45, 2.75) is 30.7 Å². The van der Waals surface area contributed by atoms with Crippen LogP contribution in [0, 0.1) is 0 Å². The number of amides is 1. The predicted octanol–water partition coefficient (Wildman–Crippen LogP) is 3.97. The molecule has 2 saturated heterocycles. The number of hydrogen-bond acceptors (Lipinski definition) is 4. The highest BCUT2D eigenvalue weighted by atomic mass is 32.2. The molecule has 0 spiro atoms. The van der Waals surface area contributed by atoms with Crippen LogP contribution in [0.25, 0.3) is 10.8 Å². The van der Waals surface area contributed by atoms with Crippen molar-refractivity contribution in [2.24, 2.45) is 0 Å². The van der Waals surface area contributed by atoms with E-state index in [1.807, 2.05) is 4.90 Å². The van der Waals surface area contributed by atoms with Crippen LogP contribution in [0.15, 0.2) is 71.6 Å². The van der Waals surface area contributed by atoms with Gasteiger partial charge in [0, 0.05) is 51.4 Å². The number of benzene rings is 3. The summed E-state index contributed by atoms with van der Waals surface area (Å²) in [5.41, 5.74) is 1.74. The number of piperidine rings is 1. The van der Waals surface area contributed by atoms with E-state index >= 15 is 0 Å². The van der Waals surface area contributed by atoms with E-state index in [9.17, 15) is 13.2 Å². The van der Waals surface area contributed by atoms with Crippen molar-refractivity contribution in [1.82, 2.24) is 14.1 Å². The maximum atomic E-state index is 13.2. The molecule has 7 heteroatoms. The largest absolute Gasteiger partial charge is 0.336 e. The summed E-state index contributed by atoms with van der Waals surface area (Å²) in [4.78, 5) is 17.6. The molecule has 0 N–H and O–H groups in total. The van der Waals surface area contributed by atoms with Crippen LogP contribution >= 0.6 is 0 Å². The molecule has 0 bridgehead atoms. The maximum Gasteiger partial charge on any atom is 0.253 e. The Morgan fingerprint density at radius 1 is 0.765 bits per heavy atom. The molecule has 3 aromatic rings. The van der Waals surface area contributed by atoms with E-state index in [2.05, 4.69) is 47.4 Å². The molecular formula is C27H31N3O3S. The Labute approximate surface area is 201 Å². The fraction of sp³-hybridized carbons (Fsp3) is 0.370. The second-order valence-electron chi connectivity index (χ2n) is 9.20. The van der Waals surface area contributed by atoms with E-state index in [0.717, 1.165) is 38.9 Å². The summed E-state index contributed by atoms with van der Waals surface area (Å²) in [5, 5.41) is 2.52. The van der Waals surface area contributed by atoms with Crippen molar-refractivity contribution in [3.8, 4) is 0 Å². The van der Waals surface area contributed by atoms with Crippen LogP contribution in [-0.4, -0.2) is 67.7 Å². The molecule has 3 aromatic carbocycles. The molecule has 0 saturated carbocycles. The van der Waals surface area contributed by atoms with Crippen LogP contribution < -0.4 is 0 Å². The fourth-order valence-corrected chi connectivity index (χ4v) is 6.57. The second kappa shape index (κ2) is 9.86. The second-order valence-corrected chi connectivity index (χ2v) is 11.1. The van der Waals surface area contributed by atoms with Crippen LogP contribution in [0.5, 0.6) is 0 Å². The molecule has 0 aliphatic carbocycles. The lowest BCUT2D eigenvalue weighted by Crippen LogP contribution is -2.48. The summed E-state index contributed by atoms with van der Waals surface area (Å²) >= 11 is 0. The number of nitrogens with zero attached hydrogens (tertiary/aromatic N) is 3. The summed E-state index contributed by atoms with van der Waals surface area (Å²) in [7, 11) is -3.56. The van der Waals surface area contributed by atoms with Gasteiger partial charge in [-0.3, -0.25) is 9.69 Å². The molecule has 0 unspecified atom stereocenters. The number of carbonyl (C=O) groups is 1. The number of sulfonamides is 1. The Kier molecular flexibility index (Phi) is 6.68. The molecule has 2 heterocycles. The van der Waals surface area contributed by atoms with E-state index in [-0.39, 0.29) is 10.8 Å². The van der Waals surface area contributed by atoms with Gasteiger partial charge in [-0.1, -0.05) is 55.0 Å². The highest BCUT2D eigenvalue weighted by Crippen LogP contribution is 2.23. The zero-order valence-corrected chi connectivity index (χ0v) is 20.2. The average molecular weight is 478 g/mol. The SMILES string of the molecule is O=C(c1cccc(S(=O)(=O)N2CCCCC2)c1)N1CCN(Cc2cccc3ccccc23)CC1. The minimum Gasteiger partial charge on any atom is -0.336 e. The molecule has 5 rings (SSSR count). The van der Waals surface area contributed by atoms with Gasteiger partial charge in [0.05, 0.1) is 4.90 Å². The third-order valence-electron chi connectivity index (χ3n) is 6.97. The third-order valence-corrected chi connectivity index (χ3v) is 8.86. The van der Waals surface area contributed by atoms with Gasteiger partial charge in [0.1, 0.15) is 0 Å². The molecule has 6 nitrogen and oxygen atoms in total. The van der Waals surface area contributed by atoms with Crippen LogP contribution in [0.1, 0.15) is 35.2 Å². The van der Waals surface area contributed by atoms with Crippen LogP contribution in [0.2, 0.25) is 0 Å². The maximum absolute atomic E-state index is 13.2. The monoisotopic (exact) mass is 477 g/mol. The molecule has 0 radical (unpaired) electrons. The zero-order chi connectivity index (χ0) is 23.5. The van der Waals surface area contributed by atoms with Crippen molar-refractivity contribution in [1.29, 1.82) is 0 Å². The Bertz CT molecular complexity index is 1270. The van der Waals surface area contributed by atoms with Crippen LogP contribution in [0.3, 0.4) is 0 Å². The molecule has 2 aliphatic heterocycles. The van der Waals surface area contributed by atoms with Gasteiger partial charge in [-0.2, -0.15) is 4.31 Å². The van der Waals surface area contributed by atoms with E-state index in [1.54, 1.807) is 28.6 Å². The number of fused-ring (bicyclic) bond motifs is 1. The van der Waals surface area contributed by atoms with Gasteiger partial charge in [-0.05, 0) is 47.4 Å². The quantitative estimate of drug-likeness (QED) is 0.558. The van der Waals surface area contributed by atoms with Gasteiger partial charge in [-0.25, -0.2) is 8.42 Å². The average Bonchev–Trinajstić information content (AvgIpc) is 2.89. The predicted molar refractivity (Wildman–Crippen MR) is 134 cm³/mol.